The third-order valence-electron chi connectivity index (χ3n) is 4.28. The lowest BCUT2D eigenvalue weighted by molar-refractivity contribution is -0.135. The molecule has 0 spiro atoms. The summed E-state index contributed by atoms with van der Waals surface area (Å²) in [6.45, 7) is 4.78. The molecule has 0 saturated heterocycles. The Hall–Kier alpha value is -2.24. The van der Waals surface area contributed by atoms with Gasteiger partial charge >= 0.3 is 0 Å². The monoisotopic (exact) mass is 333 g/mol. The van der Waals surface area contributed by atoms with E-state index in [4.69, 9.17) is 0 Å². The Kier molecular flexibility index (Phi) is 4.64. The van der Waals surface area contributed by atoms with Gasteiger partial charge in [0.2, 0.25) is 5.91 Å². The van der Waals surface area contributed by atoms with E-state index in [9.17, 15) is 13.6 Å². The fourth-order valence-electron chi connectivity index (χ4n) is 2.70. The van der Waals surface area contributed by atoms with Crippen LogP contribution >= 0.6 is 0 Å². The molecule has 0 radical (unpaired) electrons. The Morgan fingerprint density at radius 3 is 2.71 bits per heavy atom. The molecule has 2 aromatic rings. The number of rotatable bonds is 6. The summed E-state index contributed by atoms with van der Waals surface area (Å²) < 4.78 is 28.3. The number of carbonyl (C=O) groups excluding carboxylic acids is 1. The summed E-state index contributed by atoms with van der Waals surface area (Å²) in [4.78, 5) is 18.6. The van der Waals surface area contributed by atoms with Crippen LogP contribution in [-0.4, -0.2) is 26.4 Å². The number of benzene rings is 1. The van der Waals surface area contributed by atoms with Gasteiger partial charge < -0.3 is 9.47 Å². The molecule has 6 heteroatoms. The van der Waals surface area contributed by atoms with Gasteiger partial charge in [0, 0.05) is 30.9 Å². The van der Waals surface area contributed by atoms with Gasteiger partial charge in [-0.1, -0.05) is 6.07 Å². The molecule has 1 heterocycles. The Labute approximate surface area is 140 Å². The van der Waals surface area contributed by atoms with E-state index >= 15 is 0 Å². The molecule has 0 bridgehead atoms. The van der Waals surface area contributed by atoms with Crippen molar-refractivity contribution in [2.24, 2.45) is 5.92 Å². The van der Waals surface area contributed by atoms with Gasteiger partial charge in [-0.15, -0.1) is 0 Å². The minimum atomic E-state index is -0.859. The molecular formula is C18H21F2N3O. The van der Waals surface area contributed by atoms with Crippen molar-refractivity contribution in [1.82, 2.24) is 14.5 Å². The molecule has 1 aliphatic rings. The van der Waals surface area contributed by atoms with E-state index in [1.807, 2.05) is 23.3 Å². The van der Waals surface area contributed by atoms with Crippen LogP contribution in [0.1, 0.15) is 38.1 Å². The SMILES string of the molecule is CC(C)N(Cc1nccn1Cc1ccc(F)c(F)c1)C(=O)C1CC1. The maximum Gasteiger partial charge on any atom is 0.226 e. The molecule has 4 nitrogen and oxygen atoms in total. The fourth-order valence-corrected chi connectivity index (χ4v) is 2.70. The molecule has 0 atom stereocenters. The quantitative estimate of drug-likeness (QED) is 0.813. The van der Waals surface area contributed by atoms with Crippen molar-refractivity contribution < 1.29 is 13.6 Å². The van der Waals surface area contributed by atoms with Gasteiger partial charge in [0.15, 0.2) is 11.6 Å². The van der Waals surface area contributed by atoms with Crippen LogP contribution < -0.4 is 0 Å². The minimum absolute atomic E-state index is 0.0894. The average molecular weight is 333 g/mol. The van der Waals surface area contributed by atoms with E-state index in [-0.39, 0.29) is 17.9 Å². The number of halogens is 2. The average Bonchev–Trinajstić information content (AvgIpc) is 3.30. The number of aromatic nitrogens is 2. The number of hydrogen-bond donors (Lipinski definition) is 0. The van der Waals surface area contributed by atoms with Gasteiger partial charge in [0.05, 0.1) is 6.54 Å². The second-order valence-corrected chi connectivity index (χ2v) is 6.55. The van der Waals surface area contributed by atoms with Crippen LogP contribution in [0, 0.1) is 17.6 Å². The Bertz CT molecular complexity index is 738. The van der Waals surface area contributed by atoms with E-state index in [2.05, 4.69) is 4.98 Å². The van der Waals surface area contributed by atoms with Crippen molar-refractivity contribution in [3.8, 4) is 0 Å². The Balaban J connectivity index is 1.76. The molecule has 1 amide bonds. The summed E-state index contributed by atoms with van der Waals surface area (Å²) in [5.74, 6) is -0.649. The lowest BCUT2D eigenvalue weighted by atomic mass is 10.2. The van der Waals surface area contributed by atoms with Gasteiger partial charge in [-0.2, -0.15) is 0 Å². The molecule has 1 saturated carbocycles. The summed E-state index contributed by atoms with van der Waals surface area (Å²) >= 11 is 0. The zero-order chi connectivity index (χ0) is 17.3. The van der Waals surface area contributed by atoms with Crippen LogP contribution in [-0.2, 0) is 17.9 Å². The summed E-state index contributed by atoms with van der Waals surface area (Å²) in [6.07, 6.45) is 5.38. The van der Waals surface area contributed by atoms with Gasteiger partial charge in [0.25, 0.3) is 0 Å². The van der Waals surface area contributed by atoms with Crippen molar-refractivity contribution in [3.05, 3.63) is 53.6 Å². The summed E-state index contributed by atoms with van der Waals surface area (Å²) in [5.41, 5.74) is 0.651. The highest BCUT2D eigenvalue weighted by Gasteiger charge is 2.34. The number of nitrogens with zero attached hydrogens (tertiary/aromatic N) is 3. The van der Waals surface area contributed by atoms with Gasteiger partial charge in [0.1, 0.15) is 5.82 Å². The van der Waals surface area contributed by atoms with Crippen LogP contribution in [0.15, 0.2) is 30.6 Å². The largest absolute Gasteiger partial charge is 0.333 e. The molecule has 3 rings (SSSR count). The van der Waals surface area contributed by atoms with Crippen LogP contribution in [0.3, 0.4) is 0 Å². The number of carbonyl (C=O) groups is 1. The van der Waals surface area contributed by atoms with E-state index in [0.717, 1.165) is 24.7 Å². The van der Waals surface area contributed by atoms with E-state index < -0.39 is 11.6 Å². The van der Waals surface area contributed by atoms with Crippen LogP contribution in [0.4, 0.5) is 8.78 Å². The second-order valence-electron chi connectivity index (χ2n) is 6.55. The summed E-state index contributed by atoms with van der Waals surface area (Å²) in [5, 5.41) is 0. The molecule has 0 aliphatic heterocycles. The normalized spacial score (nSPS) is 14.2. The standard InChI is InChI=1S/C18H21F2N3O/c1-12(2)23(18(24)14-4-5-14)11-17-21-7-8-22(17)10-13-3-6-15(19)16(20)9-13/h3,6-9,12,14H,4-5,10-11H2,1-2H3. The first-order valence-corrected chi connectivity index (χ1v) is 8.20. The van der Waals surface area contributed by atoms with Gasteiger partial charge in [-0.05, 0) is 44.4 Å². The highest BCUT2D eigenvalue weighted by atomic mass is 19.2. The molecule has 1 aromatic heterocycles. The van der Waals surface area contributed by atoms with Crippen molar-refractivity contribution in [2.75, 3.05) is 0 Å². The van der Waals surface area contributed by atoms with Gasteiger partial charge in [-0.25, -0.2) is 13.8 Å². The molecule has 128 valence electrons. The molecule has 1 fully saturated rings. The first-order valence-electron chi connectivity index (χ1n) is 8.20. The maximum absolute atomic E-state index is 13.4. The Morgan fingerprint density at radius 1 is 1.33 bits per heavy atom. The smallest absolute Gasteiger partial charge is 0.226 e. The minimum Gasteiger partial charge on any atom is -0.333 e. The molecule has 1 aromatic carbocycles. The van der Waals surface area contributed by atoms with E-state index in [1.165, 1.54) is 6.07 Å². The lowest BCUT2D eigenvalue weighted by Crippen LogP contribution is -2.38. The molecule has 1 aliphatic carbocycles. The zero-order valence-electron chi connectivity index (χ0n) is 13.9. The lowest BCUT2D eigenvalue weighted by Gasteiger charge is -2.27. The second kappa shape index (κ2) is 6.71. The molecule has 0 N–H and O–H groups in total. The highest BCUT2D eigenvalue weighted by Crippen LogP contribution is 2.32. The van der Waals surface area contributed by atoms with Crippen molar-refractivity contribution in [3.63, 3.8) is 0 Å². The third kappa shape index (κ3) is 3.63. The predicted octanol–water partition coefficient (Wildman–Crippen LogP) is 3.36. The zero-order valence-corrected chi connectivity index (χ0v) is 13.9. The number of amides is 1. The van der Waals surface area contributed by atoms with Crippen molar-refractivity contribution in [2.45, 2.75) is 45.8 Å². The van der Waals surface area contributed by atoms with Gasteiger partial charge in [-0.3, -0.25) is 4.79 Å². The maximum atomic E-state index is 13.4. The summed E-state index contributed by atoms with van der Waals surface area (Å²) in [6, 6.07) is 3.96. The first kappa shape index (κ1) is 16.6. The van der Waals surface area contributed by atoms with Crippen LogP contribution in [0.25, 0.3) is 0 Å². The number of hydrogen-bond acceptors (Lipinski definition) is 2. The van der Waals surface area contributed by atoms with Crippen LogP contribution in [0.2, 0.25) is 0 Å². The first-order chi connectivity index (χ1) is 11.5. The molecule has 24 heavy (non-hydrogen) atoms. The molecular weight excluding hydrogens is 312 g/mol. The Morgan fingerprint density at radius 2 is 2.08 bits per heavy atom. The predicted molar refractivity (Wildman–Crippen MR) is 86.1 cm³/mol. The van der Waals surface area contributed by atoms with E-state index in [1.54, 1.807) is 18.5 Å². The third-order valence-corrected chi connectivity index (χ3v) is 4.28. The van der Waals surface area contributed by atoms with Crippen molar-refractivity contribution in [1.29, 1.82) is 0 Å². The fraction of sp³-hybridized carbons (Fsp3) is 0.444. The van der Waals surface area contributed by atoms with E-state index in [0.29, 0.717) is 18.7 Å². The van der Waals surface area contributed by atoms with Crippen LogP contribution in [0.5, 0.6) is 0 Å². The van der Waals surface area contributed by atoms with Crippen molar-refractivity contribution >= 4 is 5.91 Å². The summed E-state index contributed by atoms with van der Waals surface area (Å²) in [7, 11) is 0. The number of imidazole rings is 1. The molecule has 0 unspecified atom stereocenters. The topological polar surface area (TPSA) is 38.1 Å². The highest BCUT2D eigenvalue weighted by molar-refractivity contribution is 5.81.